The van der Waals surface area contributed by atoms with Crippen molar-refractivity contribution in [3.8, 4) is 5.88 Å². The molecule has 1 aliphatic heterocycles. The average Bonchev–Trinajstić information content (AvgIpc) is 2.45. The Morgan fingerprint density at radius 2 is 2.42 bits per heavy atom. The molecule has 0 amide bonds. The fourth-order valence-corrected chi connectivity index (χ4v) is 1.69. The second-order valence-corrected chi connectivity index (χ2v) is 3.93. The van der Waals surface area contributed by atoms with Crippen LogP contribution in [0.25, 0.3) is 0 Å². The number of hydrogen-bond donors (Lipinski definition) is 1. The van der Waals surface area contributed by atoms with Crippen molar-refractivity contribution in [2.75, 3.05) is 38.8 Å². The monoisotopic (exact) mass is 269 g/mol. The van der Waals surface area contributed by atoms with Gasteiger partial charge in [-0.25, -0.2) is 0 Å². The first-order chi connectivity index (χ1) is 9.20. The summed E-state index contributed by atoms with van der Waals surface area (Å²) in [5, 5.41) is 13.8. The van der Waals surface area contributed by atoms with E-state index in [0.29, 0.717) is 32.2 Å². The molecule has 8 heteroatoms. The van der Waals surface area contributed by atoms with Crippen LogP contribution in [0, 0.1) is 10.1 Å². The van der Waals surface area contributed by atoms with Crippen molar-refractivity contribution in [2.24, 2.45) is 0 Å². The van der Waals surface area contributed by atoms with E-state index in [1.54, 1.807) is 0 Å². The predicted molar refractivity (Wildman–Crippen MR) is 66.5 cm³/mol. The Kier molecular flexibility index (Phi) is 4.48. The van der Waals surface area contributed by atoms with Gasteiger partial charge in [0.25, 0.3) is 0 Å². The summed E-state index contributed by atoms with van der Waals surface area (Å²) >= 11 is 0. The zero-order valence-electron chi connectivity index (χ0n) is 10.5. The van der Waals surface area contributed by atoms with Crippen LogP contribution in [0.5, 0.6) is 5.88 Å². The van der Waals surface area contributed by atoms with Crippen LogP contribution in [0.3, 0.4) is 0 Å². The van der Waals surface area contributed by atoms with E-state index in [-0.39, 0.29) is 17.6 Å². The molecule has 1 fully saturated rings. The molecule has 0 aromatic carbocycles. The van der Waals surface area contributed by atoms with Crippen LogP contribution >= 0.6 is 0 Å². The van der Waals surface area contributed by atoms with Gasteiger partial charge in [0.1, 0.15) is 0 Å². The van der Waals surface area contributed by atoms with Gasteiger partial charge in [-0.05, 0) is 0 Å². The van der Waals surface area contributed by atoms with Crippen molar-refractivity contribution in [3.05, 3.63) is 22.2 Å². The van der Waals surface area contributed by atoms with E-state index in [1.165, 1.54) is 19.2 Å². The first kappa shape index (κ1) is 13.5. The standard InChI is InChI=1S/C11H15N3O5/c1-17-10-3-2-9(14(15)16)11(13-10)12-6-8-7-18-4-5-19-8/h2-3,8H,4-7H2,1H3,(H,12,13). The highest BCUT2D eigenvalue weighted by atomic mass is 16.6. The molecule has 0 saturated carbocycles. The maximum atomic E-state index is 10.9. The van der Waals surface area contributed by atoms with E-state index in [9.17, 15) is 10.1 Å². The zero-order chi connectivity index (χ0) is 13.7. The number of aromatic nitrogens is 1. The van der Waals surface area contributed by atoms with Gasteiger partial charge in [0.05, 0.1) is 38.0 Å². The molecule has 0 radical (unpaired) electrons. The third-order valence-corrected chi connectivity index (χ3v) is 2.64. The number of nitrogens with one attached hydrogen (secondary N) is 1. The van der Waals surface area contributed by atoms with Crippen LogP contribution in [0.1, 0.15) is 0 Å². The van der Waals surface area contributed by atoms with E-state index in [4.69, 9.17) is 14.2 Å². The van der Waals surface area contributed by atoms with Crippen LogP contribution in [-0.4, -0.2) is 49.5 Å². The summed E-state index contributed by atoms with van der Waals surface area (Å²) in [6.07, 6.45) is -0.138. The van der Waals surface area contributed by atoms with Gasteiger partial charge in [0.2, 0.25) is 11.7 Å². The van der Waals surface area contributed by atoms with Crippen molar-refractivity contribution in [1.82, 2.24) is 4.98 Å². The minimum absolute atomic E-state index is 0.0995. The summed E-state index contributed by atoms with van der Waals surface area (Å²) in [5.41, 5.74) is -0.0995. The molecule has 2 rings (SSSR count). The number of rotatable bonds is 5. The SMILES string of the molecule is COc1ccc([N+](=O)[O-])c(NCC2COCCO2)n1. The number of ether oxygens (including phenoxy) is 3. The van der Waals surface area contributed by atoms with E-state index in [0.717, 1.165) is 0 Å². The third-order valence-electron chi connectivity index (χ3n) is 2.64. The van der Waals surface area contributed by atoms with E-state index < -0.39 is 4.92 Å². The Morgan fingerprint density at radius 3 is 3.05 bits per heavy atom. The van der Waals surface area contributed by atoms with Crippen LogP contribution in [-0.2, 0) is 9.47 Å². The Labute approximate surface area is 109 Å². The maximum absolute atomic E-state index is 10.9. The molecule has 2 heterocycles. The molecule has 104 valence electrons. The molecular formula is C11H15N3O5. The normalized spacial score (nSPS) is 18.9. The predicted octanol–water partition coefficient (Wildman–Crippen LogP) is 0.826. The van der Waals surface area contributed by atoms with Gasteiger partial charge in [-0.15, -0.1) is 0 Å². The van der Waals surface area contributed by atoms with Crippen molar-refractivity contribution in [3.63, 3.8) is 0 Å². The summed E-state index contributed by atoms with van der Waals surface area (Å²) in [6, 6.07) is 2.80. The lowest BCUT2D eigenvalue weighted by Crippen LogP contribution is -2.34. The Bertz CT molecular complexity index is 448. The summed E-state index contributed by atoms with van der Waals surface area (Å²) in [4.78, 5) is 14.4. The van der Waals surface area contributed by atoms with Gasteiger partial charge in [0.15, 0.2) is 0 Å². The first-order valence-electron chi connectivity index (χ1n) is 5.83. The Balaban J connectivity index is 2.06. The third kappa shape index (κ3) is 3.52. The number of pyridine rings is 1. The number of methoxy groups -OCH3 is 1. The molecule has 0 spiro atoms. The molecule has 1 saturated heterocycles. The van der Waals surface area contributed by atoms with Gasteiger partial charge >= 0.3 is 5.69 Å². The van der Waals surface area contributed by atoms with Crippen LogP contribution in [0.4, 0.5) is 11.5 Å². The van der Waals surface area contributed by atoms with E-state index in [1.807, 2.05) is 0 Å². The van der Waals surface area contributed by atoms with Crippen molar-refractivity contribution in [1.29, 1.82) is 0 Å². The molecule has 1 N–H and O–H groups in total. The summed E-state index contributed by atoms with van der Waals surface area (Å²) in [6.45, 7) is 1.96. The molecule has 0 aliphatic carbocycles. The number of hydrogen-bond acceptors (Lipinski definition) is 7. The van der Waals surface area contributed by atoms with E-state index in [2.05, 4.69) is 10.3 Å². The smallest absolute Gasteiger partial charge is 0.311 e. The average molecular weight is 269 g/mol. The summed E-state index contributed by atoms with van der Waals surface area (Å²) in [5.74, 6) is 0.479. The van der Waals surface area contributed by atoms with Gasteiger partial charge in [-0.1, -0.05) is 0 Å². The van der Waals surface area contributed by atoms with Crippen molar-refractivity contribution >= 4 is 11.5 Å². The molecule has 19 heavy (non-hydrogen) atoms. The lowest BCUT2D eigenvalue weighted by atomic mass is 10.3. The quantitative estimate of drug-likeness (QED) is 0.624. The molecule has 8 nitrogen and oxygen atoms in total. The van der Waals surface area contributed by atoms with Crippen LogP contribution in [0.2, 0.25) is 0 Å². The van der Waals surface area contributed by atoms with Gasteiger partial charge in [-0.2, -0.15) is 4.98 Å². The highest BCUT2D eigenvalue weighted by Gasteiger charge is 2.19. The molecule has 1 aromatic heterocycles. The first-order valence-corrected chi connectivity index (χ1v) is 5.83. The number of nitrogens with zero attached hydrogens (tertiary/aromatic N) is 2. The number of nitro groups is 1. The van der Waals surface area contributed by atoms with Crippen LogP contribution in [0.15, 0.2) is 12.1 Å². The Hall–Kier alpha value is -1.93. The van der Waals surface area contributed by atoms with Crippen LogP contribution < -0.4 is 10.1 Å². The van der Waals surface area contributed by atoms with Gasteiger partial charge in [-0.3, -0.25) is 10.1 Å². The second kappa shape index (κ2) is 6.30. The highest BCUT2D eigenvalue weighted by molar-refractivity contribution is 5.57. The minimum atomic E-state index is -0.493. The lowest BCUT2D eigenvalue weighted by Gasteiger charge is -2.23. The van der Waals surface area contributed by atoms with Gasteiger partial charge < -0.3 is 19.5 Å². The Morgan fingerprint density at radius 1 is 1.58 bits per heavy atom. The summed E-state index contributed by atoms with van der Waals surface area (Å²) < 4.78 is 15.6. The minimum Gasteiger partial charge on any atom is -0.481 e. The molecule has 1 aromatic rings. The molecule has 1 unspecified atom stereocenters. The lowest BCUT2D eigenvalue weighted by molar-refractivity contribution is -0.384. The molecule has 1 aliphatic rings. The van der Waals surface area contributed by atoms with Crippen molar-refractivity contribution in [2.45, 2.75) is 6.10 Å². The van der Waals surface area contributed by atoms with E-state index >= 15 is 0 Å². The van der Waals surface area contributed by atoms with Gasteiger partial charge in [0, 0.05) is 18.7 Å². The topological polar surface area (TPSA) is 95.8 Å². The molecular weight excluding hydrogens is 254 g/mol. The largest absolute Gasteiger partial charge is 0.481 e. The molecule has 1 atom stereocenters. The zero-order valence-corrected chi connectivity index (χ0v) is 10.5. The summed E-state index contributed by atoms with van der Waals surface area (Å²) in [7, 11) is 1.45. The second-order valence-electron chi connectivity index (χ2n) is 3.93. The number of anilines is 1. The maximum Gasteiger partial charge on any atom is 0.311 e. The fourth-order valence-electron chi connectivity index (χ4n) is 1.69. The van der Waals surface area contributed by atoms with Crippen molar-refractivity contribution < 1.29 is 19.1 Å². The fraction of sp³-hybridized carbons (Fsp3) is 0.545. The highest BCUT2D eigenvalue weighted by Crippen LogP contribution is 2.24. The molecule has 0 bridgehead atoms.